The minimum atomic E-state index is -0.994. The average molecular weight is 237 g/mol. The molecule has 0 radical (unpaired) electrons. The van der Waals surface area contributed by atoms with Crippen LogP contribution in [0, 0.1) is 6.92 Å². The zero-order valence-electron chi connectivity index (χ0n) is 8.93. The summed E-state index contributed by atoms with van der Waals surface area (Å²) in [6.45, 7) is 3.42. The fourth-order valence-electron chi connectivity index (χ4n) is 1.56. The largest absolute Gasteiger partial charge is 0.480 e. The smallest absolute Gasteiger partial charge is 0.327 e. The Morgan fingerprint density at radius 3 is 2.75 bits per heavy atom. The van der Waals surface area contributed by atoms with Gasteiger partial charge >= 0.3 is 5.97 Å². The molecule has 0 bridgehead atoms. The molecule has 0 saturated carbocycles. The lowest BCUT2D eigenvalue weighted by atomic mass is 10.2. The maximum absolute atomic E-state index is 11.9. The molecule has 0 saturated heterocycles. The third-order valence-corrected chi connectivity index (χ3v) is 3.94. The summed E-state index contributed by atoms with van der Waals surface area (Å²) in [5, 5.41) is 9.50. The first-order valence-electron chi connectivity index (χ1n) is 4.86. The Bertz CT molecular complexity index is 611. The summed E-state index contributed by atoms with van der Waals surface area (Å²) in [7, 11) is 0. The molecule has 0 aliphatic heterocycles. The van der Waals surface area contributed by atoms with Crippen LogP contribution in [-0.4, -0.2) is 15.0 Å². The number of carboxylic acids is 1. The molecule has 1 aromatic carbocycles. The van der Waals surface area contributed by atoms with Crippen LogP contribution >= 0.6 is 11.5 Å². The lowest BCUT2D eigenvalue weighted by Gasteiger charge is -2.04. The van der Waals surface area contributed by atoms with Gasteiger partial charge in [-0.25, -0.2) is 8.75 Å². The van der Waals surface area contributed by atoms with Crippen molar-refractivity contribution in [1.82, 2.24) is 3.96 Å². The van der Waals surface area contributed by atoms with Gasteiger partial charge in [-0.1, -0.05) is 23.7 Å². The molecule has 0 spiro atoms. The summed E-state index contributed by atoms with van der Waals surface area (Å²) in [5.41, 5.74) is 0.773. The molecule has 1 heterocycles. The molecule has 1 unspecified atom stereocenters. The van der Waals surface area contributed by atoms with Crippen LogP contribution in [0.5, 0.6) is 0 Å². The zero-order valence-corrected chi connectivity index (χ0v) is 9.75. The van der Waals surface area contributed by atoms with Crippen LogP contribution in [0.4, 0.5) is 0 Å². The Kier molecular flexibility index (Phi) is 2.55. The quantitative estimate of drug-likeness (QED) is 0.869. The molecule has 84 valence electrons. The summed E-state index contributed by atoms with van der Waals surface area (Å²) in [6, 6.07) is 4.63. The number of hydrogen-bond donors (Lipinski definition) is 1. The topological polar surface area (TPSA) is 59.3 Å². The van der Waals surface area contributed by atoms with E-state index in [1.807, 2.05) is 19.1 Å². The van der Waals surface area contributed by atoms with Crippen LogP contribution in [0.3, 0.4) is 0 Å². The third kappa shape index (κ3) is 1.53. The van der Waals surface area contributed by atoms with E-state index >= 15 is 0 Å². The number of nitrogens with zero attached hydrogens (tertiary/aromatic N) is 1. The summed E-state index contributed by atoms with van der Waals surface area (Å²) in [6.07, 6.45) is 0. The Labute approximate surface area is 95.9 Å². The van der Waals surface area contributed by atoms with Gasteiger partial charge in [0, 0.05) is 0 Å². The van der Waals surface area contributed by atoms with Crippen molar-refractivity contribution < 1.29 is 9.90 Å². The van der Waals surface area contributed by atoms with Crippen LogP contribution in [0.15, 0.2) is 23.0 Å². The molecule has 1 aromatic heterocycles. The van der Waals surface area contributed by atoms with Crippen molar-refractivity contribution in [2.75, 3.05) is 0 Å². The molecule has 1 N–H and O–H groups in total. The Balaban J connectivity index is 2.74. The normalized spacial score (nSPS) is 12.9. The highest BCUT2D eigenvalue weighted by Crippen LogP contribution is 2.23. The minimum absolute atomic E-state index is 0.224. The SMILES string of the molecule is Cc1cccc2c(=O)n(C(C)C(=O)O)sc12. The highest BCUT2D eigenvalue weighted by atomic mass is 32.1. The number of benzene rings is 1. The molecular formula is C11H11NO3S. The van der Waals surface area contributed by atoms with Crippen LogP contribution in [0.25, 0.3) is 10.1 Å². The number of hydrogen-bond acceptors (Lipinski definition) is 3. The maximum atomic E-state index is 11.9. The van der Waals surface area contributed by atoms with E-state index in [0.29, 0.717) is 5.39 Å². The fraction of sp³-hybridized carbons (Fsp3) is 0.273. The molecule has 2 rings (SSSR count). The van der Waals surface area contributed by atoms with Gasteiger partial charge < -0.3 is 5.11 Å². The average Bonchev–Trinajstić information content (AvgIpc) is 2.57. The van der Waals surface area contributed by atoms with Gasteiger partial charge in [-0.15, -0.1) is 0 Å². The van der Waals surface area contributed by atoms with Gasteiger partial charge in [0.1, 0.15) is 6.04 Å². The first-order chi connectivity index (χ1) is 7.52. The van der Waals surface area contributed by atoms with E-state index < -0.39 is 12.0 Å². The minimum Gasteiger partial charge on any atom is -0.480 e. The van der Waals surface area contributed by atoms with E-state index in [1.165, 1.54) is 22.4 Å². The van der Waals surface area contributed by atoms with Gasteiger partial charge in [0.25, 0.3) is 5.56 Å². The maximum Gasteiger partial charge on any atom is 0.327 e. The molecule has 1 atom stereocenters. The van der Waals surface area contributed by atoms with Crippen molar-refractivity contribution in [3.63, 3.8) is 0 Å². The van der Waals surface area contributed by atoms with Crippen molar-refractivity contribution in [3.05, 3.63) is 34.1 Å². The van der Waals surface area contributed by atoms with Crippen LogP contribution < -0.4 is 5.56 Å². The third-order valence-electron chi connectivity index (χ3n) is 2.54. The van der Waals surface area contributed by atoms with E-state index in [0.717, 1.165) is 10.3 Å². The summed E-state index contributed by atoms with van der Waals surface area (Å²) >= 11 is 1.21. The molecule has 0 aliphatic rings. The van der Waals surface area contributed by atoms with Crippen molar-refractivity contribution in [2.45, 2.75) is 19.9 Å². The van der Waals surface area contributed by atoms with Crippen LogP contribution in [0.2, 0.25) is 0 Å². The lowest BCUT2D eigenvalue weighted by molar-refractivity contribution is -0.140. The van der Waals surface area contributed by atoms with Crippen molar-refractivity contribution >= 4 is 27.6 Å². The van der Waals surface area contributed by atoms with Gasteiger partial charge in [0.05, 0.1) is 10.1 Å². The number of aliphatic carboxylic acids is 1. The van der Waals surface area contributed by atoms with E-state index in [4.69, 9.17) is 5.11 Å². The molecule has 0 aliphatic carbocycles. The zero-order chi connectivity index (χ0) is 11.9. The van der Waals surface area contributed by atoms with E-state index in [-0.39, 0.29) is 5.56 Å². The highest BCUT2D eigenvalue weighted by molar-refractivity contribution is 7.14. The lowest BCUT2D eigenvalue weighted by Crippen LogP contribution is -2.22. The Hall–Kier alpha value is -1.62. The number of carbonyl (C=O) groups is 1. The van der Waals surface area contributed by atoms with E-state index in [2.05, 4.69) is 0 Å². The number of rotatable bonds is 2. The van der Waals surface area contributed by atoms with Crippen LogP contribution in [0.1, 0.15) is 18.5 Å². The van der Waals surface area contributed by atoms with E-state index in [1.54, 1.807) is 6.07 Å². The molecule has 5 heteroatoms. The van der Waals surface area contributed by atoms with Crippen molar-refractivity contribution in [1.29, 1.82) is 0 Å². The van der Waals surface area contributed by atoms with Gasteiger partial charge in [0.15, 0.2) is 0 Å². The first kappa shape index (κ1) is 10.9. The molecule has 0 fully saturated rings. The van der Waals surface area contributed by atoms with Crippen molar-refractivity contribution in [3.8, 4) is 0 Å². The second-order valence-electron chi connectivity index (χ2n) is 3.69. The number of fused-ring (bicyclic) bond motifs is 1. The predicted molar refractivity (Wildman–Crippen MR) is 63.2 cm³/mol. The second kappa shape index (κ2) is 3.75. The monoisotopic (exact) mass is 237 g/mol. The Morgan fingerprint density at radius 1 is 1.50 bits per heavy atom. The van der Waals surface area contributed by atoms with Gasteiger partial charge in [-0.2, -0.15) is 0 Å². The molecule has 2 aromatic rings. The summed E-state index contributed by atoms with van der Waals surface area (Å²) in [4.78, 5) is 22.8. The number of aromatic nitrogens is 1. The van der Waals surface area contributed by atoms with Crippen molar-refractivity contribution in [2.24, 2.45) is 0 Å². The Morgan fingerprint density at radius 2 is 2.19 bits per heavy atom. The predicted octanol–water partition coefficient (Wildman–Crippen LogP) is 2.02. The summed E-state index contributed by atoms with van der Waals surface area (Å²) < 4.78 is 2.17. The summed E-state index contributed by atoms with van der Waals surface area (Å²) in [5.74, 6) is -0.994. The van der Waals surface area contributed by atoms with Crippen LogP contribution in [-0.2, 0) is 4.79 Å². The molecule has 4 nitrogen and oxygen atoms in total. The standard InChI is InChI=1S/C11H11NO3S/c1-6-4-3-5-8-9(6)16-12(10(8)13)7(2)11(14)15/h3-5,7H,1-2H3,(H,14,15). The van der Waals surface area contributed by atoms with Gasteiger partial charge in [-0.3, -0.25) is 4.79 Å². The molecular weight excluding hydrogens is 226 g/mol. The molecule has 16 heavy (non-hydrogen) atoms. The van der Waals surface area contributed by atoms with E-state index in [9.17, 15) is 9.59 Å². The van der Waals surface area contributed by atoms with Gasteiger partial charge in [-0.05, 0) is 25.5 Å². The fourth-order valence-corrected chi connectivity index (χ4v) is 2.65. The highest BCUT2D eigenvalue weighted by Gasteiger charge is 2.18. The number of aryl methyl sites for hydroxylation is 1. The molecule has 0 amide bonds. The number of carboxylic acid groups (broad SMARTS) is 1. The first-order valence-corrected chi connectivity index (χ1v) is 5.63. The second-order valence-corrected chi connectivity index (χ2v) is 4.67. The van der Waals surface area contributed by atoms with Gasteiger partial charge in [0.2, 0.25) is 0 Å².